The molecule has 1 aromatic carbocycles. The molecular formula is C17H28N2O. The second-order valence-electron chi connectivity index (χ2n) is 6.56. The quantitative estimate of drug-likeness (QED) is 0.916. The lowest BCUT2D eigenvalue weighted by atomic mass is 9.96. The van der Waals surface area contributed by atoms with E-state index in [0.717, 1.165) is 23.6 Å². The Hall–Kier alpha value is -1.06. The molecule has 1 aliphatic rings. The van der Waals surface area contributed by atoms with Gasteiger partial charge in [0.2, 0.25) is 0 Å². The lowest BCUT2D eigenvalue weighted by Crippen LogP contribution is -2.36. The smallest absolute Gasteiger partial charge is 0.121 e. The molecule has 1 aliphatic heterocycles. The van der Waals surface area contributed by atoms with E-state index in [-0.39, 0.29) is 0 Å². The standard InChI is InChI=1S/C17H28N2O/c1-13-9-16(10-14(2)17(13)20)12-19-7-5-15(6-8-19)11-18(3)4/h9-10,15,20H,5-8,11-12H2,1-4H3. The predicted molar refractivity (Wildman–Crippen MR) is 84.1 cm³/mol. The third-order valence-electron chi connectivity index (χ3n) is 4.29. The van der Waals surface area contributed by atoms with Gasteiger partial charge in [-0.1, -0.05) is 12.1 Å². The van der Waals surface area contributed by atoms with Crippen LogP contribution in [0.1, 0.15) is 29.5 Å². The molecule has 0 aromatic heterocycles. The van der Waals surface area contributed by atoms with E-state index >= 15 is 0 Å². The predicted octanol–water partition coefficient (Wildman–Crippen LogP) is 2.78. The lowest BCUT2D eigenvalue weighted by molar-refractivity contribution is 0.157. The molecule has 1 saturated heterocycles. The normalized spacial score (nSPS) is 17.9. The Morgan fingerprint density at radius 1 is 1.15 bits per heavy atom. The third-order valence-corrected chi connectivity index (χ3v) is 4.29. The summed E-state index contributed by atoms with van der Waals surface area (Å²) in [6.07, 6.45) is 2.60. The number of piperidine rings is 1. The van der Waals surface area contributed by atoms with Crippen molar-refractivity contribution in [3.05, 3.63) is 28.8 Å². The van der Waals surface area contributed by atoms with Crippen molar-refractivity contribution in [2.45, 2.75) is 33.2 Å². The number of nitrogens with zero attached hydrogens (tertiary/aromatic N) is 2. The van der Waals surface area contributed by atoms with E-state index in [1.165, 1.54) is 38.0 Å². The molecule has 0 radical (unpaired) electrons. The van der Waals surface area contributed by atoms with E-state index in [2.05, 4.69) is 36.0 Å². The summed E-state index contributed by atoms with van der Waals surface area (Å²) in [6, 6.07) is 4.24. The molecule has 0 amide bonds. The first-order valence-electron chi connectivity index (χ1n) is 7.62. The maximum atomic E-state index is 9.84. The molecule has 1 heterocycles. The Balaban J connectivity index is 1.89. The average molecular weight is 276 g/mol. The molecular weight excluding hydrogens is 248 g/mol. The van der Waals surface area contributed by atoms with Gasteiger partial charge in [0.1, 0.15) is 5.75 Å². The number of benzene rings is 1. The highest BCUT2D eigenvalue weighted by molar-refractivity contribution is 5.42. The Kier molecular flexibility index (Phi) is 5.06. The van der Waals surface area contributed by atoms with Gasteiger partial charge in [-0.3, -0.25) is 4.90 Å². The summed E-state index contributed by atoms with van der Waals surface area (Å²) in [5.74, 6) is 1.29. The van der Waals surface area contributed by atoms with Crippen LogP contribution < -0.4 is 0 Å². The van der Waals surface area contributed by atoms with Gasteiger partial charge in [0.05, 0.1) is 0 Å². The van der Waals surface area contributed by atoms with Crippen molar-refractivity contribution < 1.29 is 5.11 Å². The van der Waals surface area contributed by atoms with Crippen LogP contribution in [0.3, 0.4) is 0 Å². The van der Waals surface area contributed by atoms with Gasteiger partial charge in [-0.25, -0.2) is 0 Å². The number of phenols is 1. The number of hydrogen-bond acceptors (Lipinski definition) is 3. The molecule has 0 bridgehead atoms. The second-order valence-corrected chi connectivity index (χ2v) is 6.56. The van der Waals surface area contributed by atoms with Crippen LogP contribution >= 0.6 is 0 Å². The zero-order chi connectivity index (χ0) is 14.7. The van der Waals surface area contributed by atoms with Gasteiger partial charge in [-0.05, 0) is 76.5 Å². The van der Waals surface area contributed by atoms with E-state index in [1.807, 2.05) is 13.8 Å². The minimum absolute atomic E-state index is 0.443. The molecule has 1 fully saturated rings. The SMILES string of the molecule is Cc1cc(CN2CCC(CN(C)C)CC2)cc(C)c1O. The molecule has 0 unspecified atom stereocenters. The van der Waals surface area contributed by atoms with Gasteiger partial charge in [0.15, 0.2) is 0 Å². The van der Waals surface area contributed by atoms with Crippen molar-refractivity contribution in [3.63, 3.8) is 0 Å². The molecule has 112 valence electrons. The van der Waals surface area contributed by atoms with Crippen molar-refractivity contribution in [2.24, 2.45) is 5.92 Å². The summed E-state index contributed by atoms with van der Waals surface area (Å²) in [5, 5.41) is 9.84. The minimum atomic E-state index is 0.443. The van der Waals surface area contributed by atoms with Crippen molar-refractivity contribution in [3.8, 4) is 5.75 Å². The number of phenolic OH excluding ortho intramolecular Hbond substituents is 1. The zero-order valence-electron chi connectivity index (χ0n) is 13.3. The lowest BCUT2D eigenvalue weighted by Gasteiger charge is -2.33. The minimum Gasteiger partial charge on any atom is -0.507 e. The molecule has 0 spiro atoms. The maximum absolute atomic E-state index is 9.84. The topological polar surface area (TPSA) is 26.7 Å². The van der Waals surface area contributed by atoms with Crippen LogP contribution in [0.25, 0.3) is 0 Å². The summed E-state index contributed by atoms with van der Waals surface area (Å²) in [7, 11) is 4.32. The van der Waals surface area contributed by atoms with Crippen LogP contribution in [0.5, 0.6) is 5.75 Å². The van der Waals surface area contributed by atoms with Crippen molar-refractivity contribution in [2.75, 3.05) is 33.7 Å². The Morgan fingerprint density at radius 3 is 2.20 bits per heavy atom. The summed E-state index contributed by atoms with van der Waals surface area (Å²) in [6.45, 7) is 8.57. The van der Waals surface area contributed by atoms with Gasteiger partial charge in [0.25, 0.3) is 0 Å². The van der Waals surface area contributed by atoms with Gasteiger partial charge in [-0.2, -0.15) is 0 Å². The highest BCUT2D eigenvalue weighted by Crippen LogP contribution is 2.25. The zero-order valence-corrected chi connectivity index (χ0v) is 13.3. The van der Waals surface area contributed by atoms with Gasteiger partial charge >= 0.3 is 0 Å². The van der Waals surface area contributed by atoms with Crippen LogP contribution in [0.2, 0.25) is 0 Å². The Morgan fingerprint density at radius 2 is 1.70 bits per heavy atom. The second kappa shape index (κ2) is 6.59. The fourth-order valence-electron chi connectivity index (χ4n) is 3.24. The fourth-order valence-corrected chi connectivity index (χ4v) is 3.24. The highest BCUT2D eigenvalue weighted by Gasteiger charge is 2.19. The summed E-state index contributed by atoms with van der Waals surface area (Å²) in [4.78, 5) is 4.84. The first-order valence-corrected chi connectivity index (χ1v) is 7.62. The van der Waals surface area contributed by atoms with Gasteiger partial charge < -0.3 is 10.0 Å². The number of aryl methyl sites for hydroxylation is 2. The van der Waals surface area contributed by atoms with E-state index in [9.17, 15) is 5.11 Å². The molecule has 3 heteroatoms. The molecule has 1 N–H and O–H groups in total. The van der Waals surface area contributed by atoms with E-state index in [4.69, 9.17) is 0 Å². The maximum Gasteiger partial charge on any atom is 0.121 e. The largest absolute Gasteiger partial charge is 0.507 e. The molecule has 3 nitrogen and oxygen atoms in total. The van der Waals surface area contributed by atoms with Crippen molar-refractivity contribution >= 4 is 0 Å². The molecule has 1 aromatic rings. The van der Waals surface area contributed by atoms with Crippen LogP contribution in [0.15, 0.2) is 12.1 Å². The van der Waals surface area contributed by atoms with E-state index in [1.54, 1.807) is 0 Å². The van der Waals surface area contributed by atoms with Gasteiger partial charge in [-0.15, -0.1) is 0 Å². The first kappa shape index (κ1) is 15.3. The Bertz CT molecular complexity index is 425. The molecule has 20 heavy (non-hydrogen) atoms. The summed E-state index contributed by atoms with van der Waals surface area (Å²) in [5.41, 5.74) is 3.30. The monoisotopic (exact) mass is 276 g/mol. The Labute approximate surface area is 123 Å². The highest BCUT2D eigenvalue weighted by atomic mass is 16.3. The van der Waals surface area contributed by atoms with E-state index < -0.39 is 0 Å². The number of aromatic hydroxyl groups is 1. The van der Waals surface area contributed by atoms with E-state index in [0.29, 0.717) is 5.75 Å². The number of rotatable bonds is 4. The summed E-state index contributed by atoms with van der Waals surface area (Å²) >= 11 is 0. The average Bonchev–Trinajstić information content (AvgIpc) is 2.37. The first-order chi connectivity index (χ1) is 9.45. The van der Waals surface area contributed by atoms with Crippen molar-refractivity contribution in [1.29, 1.82) is 0 Å². The van der Waals surface area contributed by atoms with Crippen LogP contribution in [-0.2, 0) is 6.54 Å². The van der Waals surface area contributed by atoms with Crippen LogP contribution in [0, 0.1) is 19.8 Å². The summed E-state index contributed by atoms with van der Waals surface area (Å²) < 4.78 is 0. The molecule has 0 aliphatic carbocycles. The number of hydrogen-bond donors (Lipinski definition) is 1. The third kappa shape index (κ3) is 3.97. The van der Waals surface area contributed by atoms with Crippen LogP contribution in [0.4, 0.5) is 0 Å². The molecule has 2 rings (SSSR count). The van der Waals surface area contributed by atoms with Gasteiger partial charge in [0, 0.05) is 13.1 Å². The van der Waals surface area contributed by atoms with Crippen LogP contribution in [-0.4, -0.2) is 48.6 Å². The van der Waals surface area contributed by atoms with Crippen molar-refractivity contribution in [1.82, 2.24) is 9.80 Å². The molecule has 0 saturated carbocycles. The molecule has 0 atom stereocenters. The number of likely N-dealkylation sites (tertiary alicyclic amines) is 1. The fraction of sp³-hybridized carbons (Fsp3) is 0.647.